The van der Waals surface area contributed by atoms with Crippen molar-refractivity contribution in [2.24, 2.45) is 5.10 Å². The maximum absolute atomic E-state index is 12.9. The van der Waals surface area contributed by atoms with E-state index in [1.165, 1.54) is 10.6 Å². The number of benzene rings is 1. The normalized spacial score (nSPS) is 16.4. The highest BCUT2D eigenvalue weighted by molar-refractivity contribution is 6.01. The fraction of sp³-hybridized carbons (Fsp3) is 0.238. The van der Waals surface area contributed by atoms with Crippen LogP contribution in [0, 0.1) is 13.8 Å². The molecular weight excluding hydrogens is 342 g/mol. The van der Waals surface area contributed by atoms with Gasteiger partial charge < -0.3 is 14.2 Å². The van der Waals surface area contributed by atoms with E-state index < -0.39 is 0 Å². The maximum atomic E-state index is 12.9. The van der Waals surface area contributed by atoms with E-state index in [9.17, 15) is 4.79 Å². The van der Waals surface area contributed by atoms with E-state index >= 15 is 0 Å². The van der Waals surface area contributed by atoms with Crippen molar-refractivity contribution in [2.75, 3.05) is 11.9 Å². The van der Waals surface area contributed by atoms with Gasteiger partial charge in [-0.15, -0.1) is 0 Å². The second-order valence-corrected chi connectivity index (χ2v) is 6.60. The lowest BCUT2D eigenvalue weighted by molar-refractivity contribution is -0.131. The lowest BCUT2D eigenvalue weighted by atomic mass is 10.1. The molecule has 1 atom stereocenters. The van der Waals surface area contributed by atoms with E-state index in [-0.39, 0.29) is 18.5 Å². The number of furan rings is 2. The van der Waals surface area contributed by atoms with Gasteiger partial charge in [0.15, 0.2) is 0 Å². The fourth-order valence-electron chi connectivity index (χ4n) is 3.23. The molecule has 0 radical (unpaired) electrons. The summed E-state index contributed by atoms with van der Waals surface area (Å²) < 4.78 is 11.0. The molecule has 0 fully saturated rings. The number of hydrogen-bond acceptors (Lipinski definition) is 5. The first-order valence-corrected chi connectivity index (χ1v) is 8.90. The van der Waals surface area contributed by atoms with Crippen molar-refractivity contribution >= 4 is 17.3 Å². The second kappa shape index (κ2) is 7.15. The van der Waals surface area contributed by atoms with Gasteiger partial charge in [-0.1, -0.05) is 12.1 Å². The molecular formula is C21H21N3O3. The van der Waals surface area contributed by atoms with Gasteiger partial charge in [-0.3, -0.25) is 4.79 Å². The van der Waals surface area contributed by atoms with Gasteiger partial charge in [0, 0.05) is 12.1 Å². The van der Waals surface area contributed by atoms with Crippen molar-refractivity contribution in [3.63, 3.8) is 0 Å². The standard InChI is InChI=1S/C21H21N3O3/c1-14-6-3-7-16(15(14)2)22-13-21(25)24-18(20-9-5-11-27-20)12-17(23-24)19-8-4-10-26-19/h3-11,18,22H,12-13H2,1-2H3. The average Bonchev–Trinajstić information content (AvgIpc) is 3.41. The van der Waals surface area contributed by atoms with E-state index in [1.807, 2.05) is 43.3 Å². The molecule has 4 rings (SSSR count). The van der Waals surface area contributed by atoms with Gasteiger partial charge in [-0.05, 0) is 55.3 Å². The molecule has 6 heteroatoms. The zero-order valence-electron chi connectivity index (χ0n) is 15.3. The number of nitrogens with zero attached hydrogens (tertiary/aromatic N) is 2. The highest BCUT2D eigenvalue weighted by Crippen LogP contribution is 2.33. The number of hydrogen-bond donors (Lipinski definition) is 1. The number of rotatable bonds is 5. The minimum Gasteiger partial charge on any atom is -0.467 e. The third kappa shape index (κ3) is 3.38. The smallest absolute Gasteiger partial charge is 0.262 e. The van der Waals surface area contributed by atoms with E-state index in [0.717, 1.165) is 17.0 Å². The van der Waals surface area contributed by atoms with Gasteiger partial charge in [-0.25, -0.2) is 5.01 Å². The Morgan fingerprint density at radius 1 is 1.15 bits per heavy atom. The molecule has 1 unspecified atom stereocenters. The largest absolute Gasteiger partial charge is 0.467 e. The van der Waals surface area contributed by atoms with E-state index in [0.29, 0.717) is 17.9 Å². The number of hydrazone groups is 1. The Morgan fingerprint density at radius 3 is 2.70 bits per heavy atom. The SMILES string of the molecule is Cc1cccc(NCC(=O)N2N=C(c3ccco3)CC2c2ccco2)c1C. The van der Waals surface area contributed by atoms with Crippen molar-refractivity contribution in [1.29, 1.82) is 0 Å². The molecule has 1 amide bonds. The number of aryl methyl sites for hydroxylation is 1. The first-order valence-electron chi connectivity index (χ1n) is 8.90. The van der Waals surface area contributed by atoms with Crippen LogP contribution in [0.4, 0.5) is 5.69 Å². The molecule has 1 N–H and O–H groups in total. The van der Waals surface area contributed by atoms with Crippen LogP contribution in [0.1, 0.15) is 35.1 Å². The molecule has 2 aromatic heterocycles. The van der Waals surface area contributed by atoms with Crippen LogP contribution in [-0.2, 0) is 4.79 Å². The monoisotopic (exact) mass is 363 g/mol. The molecule has 1 aromatic carbocycles. The van der Waals surface area contributed by atoms with Crippen LogP contribution in [0.15, 0.2) is 68.9 Å². The van der Waals surface area contributed by atoms with Crippen LogP contribution >= 0.6 is 0 Å². The summed E-state index contributed by atoms with van der Waals surface area (Å²) in [5, 5.41) is 9.25. The second-order valence-electron chi connectivity index (χ2n) is 6.60. The zero-order chi connectivity index (χ0) is 18.8. The Balaban J connectivity index is 1.54. The van der Waals surface area contributed by atoms with Gasteiger partial charge >= 0.3 is 0 Å². The van der Waals surface area contributed by atoms with Crippen LogP contribution in [0.2, 0.25) is 0 Å². The van der Waals surface area contributed by atoms with Crippen molar-refractivity contribution in [3.8, 4) is 0 Å². The molecule has 27 heavy (non-hydrogen) atoms. The summed E-state index contributed by atoms with van der Waals surface area (Å²) in [6.45, 7) is 4.24. The lowest BCUT2D eigenvalue weighted by Gasteiger charge is -2.20. The third-order valence-corrected chi connectivity index (χ3v) is 4.88. The van der Waals surface area contributed by atoms with E-state index in [1.54, 1.807) is 12.5 Å². The van der Waals surface area contributed by atoms with Crippen molar-refractivity contribution in [1.82, 2.24) is 5.01 Å². The Labute approximate surface area is 157 Å². The summed E-state index contributed by atoms with van der Waals surface area (Å²) in [6, 6.07) is 13.1. The Bertz CT molecular complexity index is 959. The van der Waals surface area contributed by atoms with Gasteiger partial charge in [0.2, 0.25) is 0 Å². The third-order valence-electron chi connectivity index (χ3n) is 4.88. The molecule has 0 aliphatic carbocycles. The Kier molecular flexibility index (Phi) is 4.54. The summed E-state index contributed by atoms with van der Waals surface area (Å²) in [5.74, 6) is 1.25. The fourth-order valence-corrected chi connectivity index (χ4v) is 3.23. The minimum atomic E-state index is -0.270. The molecule has 0 saturated heterocycles. The number of anilines is 1. The molecule has 0 spiro atoms. The predicted octanol–water partition coefficient (Wildman–Crippen LogP) is 4.28. The van der Waals surface area contributed by atoms with E-state index in [4.69, 9.17) is 8.83 Å². The number of amides is 1. The first-order chi connectivity index (χ1) is 13.1. The molecule has 6 nitrogen and oxygen atoms in total. The molecule has 3 heterocycles. The minimum absolute atomic E-state index is 0.126. The van der Waals surface area contributed by atoms with Crippen LogP contribution in [0.25, 0.3) is 0 Å². The molecule has 3 aromatic rings. The van der Waals surface area contributed by atoms with Crippen LogP contribution in [-0.4, -0.2) is 23.2 Å². The van der Waals surface area contributed by atoms with Crippen LogP contribution in [0.5, 0.6) is 0 Å². The van der Waals surface area contributed by atoms with Crippen molar-refractivity contribution < 1.29 is 13.6 Å². The van der Waals surface area contributed by atoms with Crippen molar-refractivity contribution in [3.05, 3.63) is 77.6 Å². The van der Waals surface area contributed by atoms with Crippen molar-refractivity contribution in [2.45, 2.75) is 26.3 Å². The summed E-state index contributed by atoms with van der Waals surface area (Å²) in [5.41, 5.74) is 4.00. The maximum Gasteiger partial charge on any atom is 0.262 e. The highest BCUT2D eigenvalue weighted by atomic mass is 16.3. The molecule has 1 aliphatic heterocycles. The Hall–Kier alpha value is -3.28. The molecule has 0 bridgehead atoms. The van der Waals surface area contributed by atoms with Gasteiger partial charge in [-0.2, -0.15) is 5.10 Å². The first kappa shape index (κ1) is 17.1. The summed E-state index contributed by atoms with van der Waals surface area (Å²) in [6.07, 6.45) is 3.76. The van der Waals surface area contributed by atoms with E-state index in [2.05, 4.69) is 23.4 Å². The van der Waals surface area contributed by atoms with Gasteiger partial charge in [0.25, 0.3) is 5.91 Å². The molecule has 0 saturated carbocycles. The number of carbonyl (C=O) groups excluding carboxylic acids is 1. The summed E-state index contributed by atoms with van der Waals surface area (Å²) in [4.78, 5) is 12.9. The number of carbonyl (C=O) groups is 1. The average molecular weight is 363 g/mol. The van der Waals surface area contributed by atoms with Gasteiger partial charge in [0.1, 0.15) is 23.3 Å². The molecule has 138 valence electrons. The molecule has 1 aliphatic rings. The quantitative estimate of drug-likeness (QED) is 0.734. The van der Waals surface area contributed by atoms with Crippen LogP contribution < -0.4 is 5.32 Å². The van der Waals surface area contributed by atoms with Crippen LogP contribution in [0.3, 0.4) is 0 Å². The lowest BCUT2D eigenvalue weighted by Crippen LogP contribution is -2.32. The zero-order valence-corrected chi connectivity index (χ0v) is 15.3. The summed E-state index contributed by atoms with van der Waals surface area (Å²) in [7, 11) is 0. The van der Waals surface area contributed by atoms with Gasteiger partial charge in [0.05, 0.1) is 19.1 Å². The Morgan fingerprint density at radius 2 is 1.96 bits per heavy atom. The topological polar surface area (TPSA) is 71.0 Å². The highest BCUT2D eigenvalue weighted by Gasteiger charge is 2.35. The predicted molar refractivity (Wildman–Crippen MR) is 103 cm³/mol. The summed E-state index contributed by atoms with van der Waals surface area (Å²) >= 11 is 0. The number of nitrogens with one attached hydrogen (secondary N) is 1.